The van der Waals surface area contributed by atoms with Gasteiger partial charge in [-0.15, -0.1) is 0 Å². The molecule has 2 aromatic carbocycles. The number of rotatable bonds is 9. The molecule has 30 heavy (non-hydrogen) atoms. The normalized spacial score (nSPS) is 11.0. The van der Waals surface area contributed by atoms with Crippen molar-refractivity contribution in [2.45, 2.75) is 53.0 Å². The van der Waals surface area contributed by atoms with Crippen LogP contribution in [0.4, 0.5) is 0 Å². The van der Waals surface area contributed by atoms with E-state index < -0.39 is 0 Å². The van der Waals surface area contributed by atoms with Crippen molar-refractivity contribution in [2.24, 2.45) is 0 Å². The number of aryl methyl sites for hydroxylation is 4. The summed E-state index contributed by atoms with van der Waals surface area (Å²) in [5, 5.41) is 4.83. The number of hydrogen-bond donors (Lipinski definition) is 0. The molecule has 3 nitrogen and oxygen atoms in total. The van der Waals surface area contributed by atoms with Crippen molar-refractivity contribution >= 4 is 21.5 Å². The van der Waals surface area contributed by atoms with Gasteiger partial charge in [-0.3, -0.25) is 4.68 Å². The highest BCUT2D eigenvalue weighted by molar-refractivity contribution is 9.10. The van der Waals surface area contributed by atoms with E-state index in [1.165, 1.54) is 27.9 Å². The predicted molar refractivity (Wildman–Crippen MR) is 129 cm³/mol. The van der Waals surface area contributed by atoms with Gasteiger partial charge in [0.15, 0.2) is 0 Å². The first-order valence-electron chi connectivity index (χ1n) is 10.5. The monoisotopic (exact) mass is 466 g/mol. The largest absolute Gasteiger partial charge is 0.497 e. The molecule has 0 atom stereocenters. The Balaban J connectivity index is 1.80. The summed E-state index contributed by atoms with van der Waals surface area (Å²) in [6, 6.07) is 15.1. The van der Waals surface area contributed by atoms with Gasteiger partial charge in [0.2, 0.25) is 0 Å². The molecule has 0 bridgehead atoms. The molecular formula is C26H31BrN2O. The van der Waals surface area contributed by atoms with Gasteiger partial charge in [-0.2, -0.15) is 5.10 Å². The van der Waals surface area contributed by atoms with Gasteiger partial charge in [-0.25, -0.2) is 0 Å². The summed E-state index contributed by atoms with van der Waals surface area (Å²) < 4.78 is 8.53. The lowest BCUT2D eigenvalue weighted by Gasteiger charge is -2.13. The topological polar surface area (TPSA) is 27.1 Å². The molecule has 0 unspecified atom stereocenters. The van der Waals surface area contributed by atoms with Crippen LogP contribution in [0.5, 0.6) is 5.75 Å². The van der Waals surface area contributed by atoms with Crippen LogP contribution >= 0.6 is 15.9 Å². The van der Waals surface area contributed by atoms with E-state index in [0.29, 0.717) is 0 Å². The zero-order chi connectivity index (χ0) is 21.7. The van der Waals surface area contributed by atoms with E-state index in [1.54, 1.807) is 7.11 Å². The fourth-order valence-electron chi connectivity index (χ4n) is 3.76. The molecule has 0 spiro atoms. The third-order valence-corrected chi connectivity index (χ3v) is 6.09. The molecule has 3 rings (SSSR count). The molecule has 3 aromatic rings. The zero-order valence-corrected chi connectivity index (χ0v) is 20.1. The summed E-state index contributed by atoms with van der Waals surface area (Å²) in [7, 11) is 1.71. The molecule has 0 N–H and O–H groups in total. The second kappa shape index (κ2) is 10.1. The average Bonchev–Trinajstić information content (AvgIpc) is 3.09. The van der Waals surface area contributed by atoms with Crippen molar-refractivity contribution in [2.75, 3.05) is 7.11 Å². The second-order valence-electron chi connectivity index (χ2n) is 7.89. The lowest BCUT2D eigenvalue weighted by Crippen LogP contribution is -2.08. The SMILES string of the molecule is C=C(CCC)c1cc(C)n(Cc2cc(Br)ccc2CCc2ccc(OC)cc2C)n1. The van der Waals surface area contributed by atoms with Crippen molar-refractivity contribution in [3.63, 3.8) is 0 Å². The van der Waals surface area contributed by atoms with Crippen molar-refractivity contribution in [3.05, 3.63) is 87.2 Å². The quantitative estimate of drug-likeness (QED) is 0.342. The summed E-state index contributed by atoms with van der Waals surface area (Å²) in [6.45, 7) is 11.4. The minimum absolute atomic E-state index is 0.765. The van der Waals surface area contributed by atoms with Gasteiger partial charge in [-0.05, 0) is 91.3 Å². The second-order valence-corrected chi connectivity index (χ2v) is 8.80. The van der Waals surface area contributed by atoms with Crippen molar-refractivity contribution in [1.29, 1.82) is 0 Å². The van der Waals surface area contributed by atoms with Crippen LogP contribution < -0.4 is 4.74 Å². The molecule has 0 radical (unpaired) electrons. The summed E-state index contributed by atoms with van der Waals surface area (Å²) in [5.74, 6) is 0.912. The summed E-state index contributed by atoms with van der Waals surface area (Å²) in [6.07, 6.45) is 4.07. The summed E-state index contributed by atoms with van der Waals surface area (Å²) >= 11 is 3.64. The van der Waals surface area contributed by atoms with E-state index in [-0.39, 0.29) is 0 Å². The van der Waals surface area contributed by atoms with Crippen molar-refractivity contribution < 1.29 is 4.74 Å². The molecule has 1 aromatic heterocycles. The maximum absolute atomic E-state index is 5.34. The van der Waals surface area contributed by atoms with E-state index in [9.17, 15) is 0 Å². The van der Waals surface area contributed by atoms with Crippen LogP contribution in [0.15, 0.2) is 53.5 Å². The minimum atomic E-state index is 0.765. The fraction of sp³-hybridized carbons (Fsp3) is 0.346. The Morgan fingerprint density at radius 1 is 1.03 bits per heavy atom. The molecule has 0 aliphatic heterocycles. The number of aromatic nitrogens is 2. The lowest BCUT2D eigenvalue weighted by molar-refractivity contribution is 0.414. The van der Waals surface area contributed by atoms with Gasteiger partial charge in [0.05, 0.1) is 19.3 Å². The Labute approximate surface area is 188 Å². The number of halogens is 1. The molecule has 0 saturated heterocycles. The van der Waals surface area contributed by atoms with Crippen LogP contribution in [0, 0.1) is 13.8 Å². The number of allylic oxidation sites excluding steroid dienone is 1. The Bertz CT molecular complexity index is 1040. The van der Waals surface area contributed by atoms with E-state index in [0.717, 1.165) is 53.7 Å². The third-order valence-electron chi connectivity index (χ3n) is 5.60. The molecular weight excluding hydrogens is 436 g/mol. The first-order chi connectivity index (χ1) is 14.4. The highest BCUT2D eigenvalue weighted by Crippen LogP contribution is 2.24. The number of nitrogens with zero attached hydrogens (tertiary/aromatic N) is 2. The van der Waals surface area contributed by atoms with Crippen molar-refractivity contribution in [1.82, 2.24) is 9.78 Å². The number of benzene rings is 2. The Morgan fingerprint density at radius 3 is 2.47 bits per heavy atom. The maximum Gasteiger partial charge on any atom is 0.119 e. The van der Waals surface area contributed by atoms with Gasteiger partial charge in [0.1, 0.15) is 5.75 Å². The smallest absolute Gasteiger partial charge is 0.119 e. The van der Waals surface area contributed by atoms with Crippen LogP contribution in [0.25, 0.3) is 5.57 Å². The Kier molecular flexibility index (Phi) is 7.54. The van der Waals surface area contributed by atoms with Crippen LogP contribution in [0.2, 0.25) is 0 Å². The molecule has 0 aliphatic carbocycles. The van der Waals surface area contributed by atoms with Crippen LogP contribution in [0.1, 0.15) is 53.4 Å². The first-order valence-corrected chi connectivity index (χ1v) is 11.3. The van der Waals surface area contributed by atoms with E-state index in [2.05, 4.69) is 84.4 Å². The number of hydrogen-bond acceptors (Lipinski definition) is 2. The predicted octanol–water partition coefficient (Wildman–Crippen LogP) is 6.92. The molecule has 0 aliphatic rings. The zero-order valence-electron chi connectivity index (χ0n) is 18.5. The third kappa shape index (κ3) is 5.42. The van der Waals surface area contributed by atoms with E-state index in [4.69, 9.17) is 9.84 Å². The van der Waals surface area contributed by atoms with Gasteiger partial charge in [0.25, 0.3) is 0 Å². The van der Waals surface area contributed by atoms with Crippen LogP contribution in [-0.4, -0.2) is 16.9 Å². The Morgan fingerprint density at radius 2 is 1.77 bits per heavy atom. The Hall–Kier alpha value is -2.33. The minimum Gasteiger partial charge on any atom is -0.497 e. The molecule has 158 valence electrons. The first kappa shape index (κ1) is 22.4. The van der Waals surface area contributed by atoms with Gasteiger partial charge in [-0.1, -0.05) is 48.0 Å². The van der Waals surface area contributed by atoms with Gasteiger partial charge >= 0.3 is 0 Å². The van der Waals surface area contributed by atoms with Crippen molar-refractivity contribution in [3.8, 4) is 5.75 Å². The van der Waals surface area contributed by atoms with E-state index in [1.807, 2.05) is 6.07 Å². The van der Waals surface area contributed by atoms with Gasteiger partial charge < -0.3 is 4.74 Å². The fourth-order valence-corrected chi connectivity index (χ4v) is 4.17. The molecule has 1 heterocycles. The lowest BCUT2D eigenvalue weighted by atomic mass is 9.97. The van der Waals surface area contributed by atoms with Crippen LogP contribution in [-0.2, 0) is 19.4 Å². The molecule has 0 amide bonds. The summed E-state index contributed by atoms with van der Waals surface area (Å²) in [5.41, 5.74) is 8.59. The molecule has 0 saturated carbocycles. The molecule has 4 heteroatoms. The average molecular weight is 467 g/mol. The highest BCUT2D eigenvalue weighted by Gasteiger charge is 2.11. The number of ether oxygens (including phenoxy) is 1. The van der Waals surface area contributed by atoms with E-state index >= 15 is 0 Å². The number of methoxy groups -OCH3 is 1. The standard InChI is InChI=1S/C26H31BrN2O/c1-6-7-18(2)26-15-20(4)29(28-26)17-23-16-24(27)12-10-22(23)9-8-21-11-13-25(30-5)14-19(21)3/h10-16H,2,6-9,17H2,1,3-5H3. The highest BCUT2D eigenvalue weighted by atomic mass is 79.9. The van der Waals surface area contributed by atoms with Gasteiger partial charge in [0, 0.05) is 10.2 Å². The summed E-state index contributed by atoms with van der Waals surface area (Å²) in [4.78, 5) is 0. The maximum atomic E-state index is 5.34. The molecule has 0 fully saturated rings. The van der Waals surface area contributed by atoms with Crippen LogP contribution in [0.3, 0.4) is 0 Å².